The van der Waals surface area contributed by atoms with E-state index in [9.17, 15) is 10.2 Å². The topological polar surface area (TPSA) is 44.3 Å². The van der Waals surface area contributed by atoms with E-state index in [0.717, 1.165) is 46.6 Å². The van der Waals surface area contributed by atoms with Crippen LogP contribution in [0.2, 0.25) is 0 Å². The van der Waals surface area contributed by atoms with E-state index in [1.54, 1.807) is 12.1 Å². The van der Waals surface area contributed by atoms with Crippen LogP contribution in [0.25, 0.3) is 34.5 Å². The Balaban J connectivity index is 1.65. The number of aryl methyl sites for hydroxylation is 1. The normalized spacial score (nSPS) is 11.1. The maximum Gasteiger partial charge on any atom is 0.213 e. The van der Waals surface area contributed by atoms with Crippen LogP contribution >= 0.6 is 0 Å². The Kier molecular flexibility index (Phi) is 6.90. The van der Waals surface area contributed by atoms with Crippen molar-refractivity contribution in [2.45, 2.75) is 13.0 Å². The number of nitrogens with zero attached hydrogens (tertiary/aromatic N) is 1. The van der Waals surface area contributed by atoms with E-state index in [2.05, 4.69) is 95.6 Å². The van der Waals surface area contributed by atoms with Crippen molar-refractivity contribution in [2.24, 2.45) is 0 Å². The zero-order chi connectivity index (χ0) is 24.7. The van der Waals surface area contributed by atoms with Gasteiger partial charge < -0.3 is 10.2 Å². The van der Waals surface area contributed by atoms with Gasteiger partial charge in [-0.25, -0.2) is 0 Å². The smallest absolute Gasteiger partial charge is 0.213 e. The van der Waals surface area contributed by atoms with Crippen molar-refractivity contribution in [1.29, 1.82) is 0 Å². The summed E-state index contributed by atoms with van der Waals surface area (Å²) in [6, 6.07) is 40.7. The van der Waals surface area contributed by atoms with Crippen LogP contribution in [0.3, 0.4) is 0 Å². The van der Waals surface area contributed by atoms with Gasteiger partial charge in [0, 0.05) is 30.2 Å². The number of hydrogen-bond donors (Lipinski definition) is 2. The lowest BCUT2D eigenvalue weighted by Crippen LogP contribution is -2.40. The van der Waals surface area contributed by atoms with E-state index < -0.39 is 0 Å². The van der Waals surface area contributed by atoms with E-state index in [4.69, 9.17) is 0 Å². The average Bonchev–Trinajstić information content (AvgIpc) is 2.94. The number of aromatic nitrogens is 1. The minimum absolute atomic E-state index is 0.123. The van der Waals surface area contributed by atoms with Crippen molar-refractivity contribution in [1.82, 2.24) is 0 Å². The fraction of sp³-hybridized carbons (Fsp3) is 0.0606. The number of hydrogen-bond acceptors (Lipinski definition) is 2. The highest BCUT2D eigenvalue weighted by Gasteiger charge is 2.20. The molecule has 1 aromatic heterocycles. The molecule has 0 bridgehead atoms. The number of pyridine rings is 1. The third-order valence-corrected chi connectivity index (χ3v) is 6.29. The molecule has 3 nitrogen and oxygen atoms in total. The SMILES string of the molecule is Oc1ccc(C=Cc2cc(-c3ccccc3)cc(-c3ccccc3)[n+]2CCc2ccccc2)cc1O. The molecule has 0 saturated heterocycles. The van der Waals surface area contributed by atoms with Crippen molar-refractivity contribution in [3.05, 3.63) is 138 Å². The van der Waals surface area contributed by atoms with Crippen molar-refractivity contribution >= 4 is 12.2 Å². The van der Waals surface area contributed by atoms with Gasteiger partial charge in [-0.3, -0.25) is 0 Å². The summed E-state index contributed by atoms with van der Waals surface area (Å²) >= 11 is 0. The molecule has 5 rings (SSSR count). The first-order chi connectivity index (χ1) is 17.7. The predicted molar refractivity (Wildman–Crippen MR) is 146 cm³/mol. The van der Waals surface area contributed by atoms with Gasteiger partial charge in [0.05, 0.1) is 0 Å². The molecule has 0 fully saturated rings. The molecule has 0 saturated carbocycles. The number of phenolic OH excluding ortho intramolecular Hbond substituents is 2. The summed E-state index contributed by atoms with van der Waals surface area (Å²) in [4.78, 5) is 0. The monoisotopic (exact) mass is 470 g/mol. The first kappa shape index (κ1) is 23.1. The zero-order valence-electron chi connectivity index (χ0n) is 20.0. The van der Waals surface area contributed by atoms with E-state index in [0.29, 0.717) is 0 Å². The van der Waals surface area contributed by atoms with Crippen LogP contribution in [0.15, 0.2) is 121 Å². The van der Waals surface area contributed by atoms with Crippen LogP contribution in [0.1, 0.15) is 16.8 Å². The fourth-order valence-electron chi connectivity index (χ4n) is 4.39. The Morgan fingerprint density at radius 1 is 0.556 bits per heavy atom. The van der Waals surface area contributed by atoms with Crippen LogP contribution < -0.4 is 4.57 Å². The van der Waals surface area contributed by atoms with Crippen molar-refractivity contribution in [3.8, 4) is 33.9 Å². The second-order valence-corrected chi connectivity index (χ2v) is 8.75. The minimum Gasteiger partial charge on any atom is -0.504 e. The number of benzene rings is 4. The number of aromatic hydroxyl groups is 2. The van der Waals surface area contributed by atoms with Crippen LogP contribution in [0.5, 0.6) is 11.5 Å². The summed E-state index contributed by atoms with van der Waals surface area (Å²) in [6.07, 6.45) is 4.95. The lowest BCUT2D eigenvalue weighted by atomic mass is 10.0. The Bertz CT molecular complexity index is 1480. The molecule has 36 heavy (non-hydrogen) atoms. The second kappa shape index (κ2) is 10.7. The fourth-order valence-corrected chi connectivity index (χ4v) is 4.39. The lowest BCUT2D eigenvalue weighted by Gasteiger charge is -2.11. The Hall–Kier alpha value is -4.63. The highest BCUT2D eigenvalue weighted by molar-refractivity contribution is 5.74. The van der Waals surface area contributed by atoms with Crippen molar-refractivity contribution in [3.63, 3.8) is 0 Å². The van der Waals surface area contributed by atoms with Gasteiger partial charge in [-0.1, -0.05) is 84.9 Å². The van der Waals surface area contributed by atoms with E-state index >= 15 is 0 Å². The van der Waals surface area contributed by atoms with Gasteiger partial charge in [0.2, 0.25) is 11.4 Å². The molecule has 1 heterocycles. The summed E-state index contributed by atoms with van der Waals surface area (Å²) in [5.74, 6) is -0.250. The Morgan fingerprint density at radius 2 is 1.19 bits per heavy atom. The summed E-state index contributed by atoms with van der Waals surface area (Å²) < 4.78 is 2.35. The van der Waals surface area contributed by atoms with E-state index in [-0.39, 0.29) is 11.5 Å². The third-order valence-electron chi connectivity index (χ3n) is 6.29. The maximum absolute atomic E-state index is 9.96. The molecule has 3 heteroatoms. The Morgan fingerprint density at radius 3 is 1.86 bits per heavy atom. The van der Waals surface area contributed by atoms with Crippen LogP contribution in [-0.2, 0) is 13.0 Å². The van der Waals surface area contributed by atoms with Crippen LogP contribution in [-0.4, -0.2) is 10.2 Å². The quantitative estimate of drug-likeness (QED) is 0.196. The molecule has 5 aromatic rings. The maximum atomic E-state index is 9.96. The minimum atomic E-state index is -0.128. The zero-order valence-corrected chi connectivity index (χ0v) is 20.0. The molecule has 0 aliphatic rings. The Labute approximate surface area is 211 Å². The highest BCUT2D eigenvalue weighted by atomic mass is 16.3. The molecule has 0 unspecified atom stereocenters. The van der Waals surface area contributed by atoms with Gasteiger partial charge in [0.1, 0.15) is 0 Å². The summed E-state index contributed by atoms with van der Waals surface area (Å²) in [5, 5.41) is 19.7. The van der Waals surface area contributed by atoms with Gasteiger partial charge >= 0.3 is 0 Å². The van der Waals surface area contributed by atoms with Gasteiger partial charge in [-0.05, 0) is 52.6 Å². The van der Waals surface area contributed by atoms with Gasteiger partial charge in [0.25, 0.3) is 0 Å². The molecule has 4 aromatic carbocycles. The van der Waals surface area contributed by atoms with E-state index in [1.165, 1.54) is 11.6 Å². The molecule has 0 radical (unpaired) electrons. The molecule has 0 aliphatic heterocycles. The van der Waals surface area contributed by atoms with E-state index in [1.807, 2.05) is 24.3 Å². The van der Waals surface area contributed by atoms with Gasteiger partial charge in [-0.15, -0.1) is 0 Å². The largest absolute Gasteiger partial charge is 0.504 e. The lowest BCUT2D eigenvalue weighted by molar-refractivity contribution is -0.687. The first-order valence-corrected chi connectivity index (χ1v) is 12.1. The standard InChI is InChI=1S/C33H27NO2/c35-32-19-17-26(22-33(32)36)16-18-30-23-29(27-12-6-2-7-13-27)24-31(28-14-8-3-9-15-28)34(30)21-20-25-10-4-1-5-11-25/h1-19,22-24,36H,20-21H2/p+1. The summed E-state index contributed by atoms with van der Waals surface area (Å²) in [5.41, 5.74) is 7.74. The third kappa shape index (κ3) is 5.37. The van der Waals surface area contributed by atoms with Crippen molar-refractivity contribution < 1.29 is 14.8 Å². The van der Waals surface area contributed by atoms with Crippen molar-refractivity contribution in [2.75, 3.05) is 0 Å². The molecule has 0 amide bonds. The molecule has 0 aliphatic carbocycles. The molecule has 0 spiro atoms. The number of phenols is 2. The summed E-state index contributed by atoms with van der Waals surface area (Å²) in [6.45, 7) is 0.809. The molecular weight excluding hydrogens is 442 g/mol. The van der Waals surface area contributed by atoms with Gasteiger partial charge in [0.15, 0.2) is 18.0 Å². The second-order valence-electron chi connectivity index (χ2n) is 8.75. The van der Waals surface area contributed by atoms with Gasteiger partial charge in [-0.2, -0.15) is 4.57 Å². The summed E-state index contributed by atoms with van der Waals surface area (Å²) in [7, 11) is 0. The first-order valence-electron chi connectivity index (χ1n) is 12.1. The number of rotatable bonds is 7. The molecule has 176 valence electrons. The molecule has 2 N–H and O–H groups in total. The predicted octanol–water partition coefficient (Wildman–Crippen LogP) is 7.13. The molecular formula is C33H28NO2+. The highest BCUT2D eigenvalue weighted by Crippen LogP contribution is 2.28. The van der Waals surface area contributed by atoms with Crippen LogP contribution in [0, 0.1) is 0 Å². The average molecular weight is 471 g/mol. The molecule has 0 atom stereocenters. The van der Waals surface area contributed by atoms with Crippen LogP contribution in [0.4, 0.5) is 0 Å².